The van der Waals surface area contributed by atoms with Gasteiger partial charge in [0.25, 0.3) is 31.4 Å². The molecule has 5 rings (SSSR count). The van der Waals surface area contributed by atoms with Crippen LogP contribution in [0.4, 0.5) is 17.1 Å². The van der Waals surface area contributed by atoms with Gasteiger partial charge in [-0.05, 0) is 68.3 Å². The van der Waals surface area contributed by atoms with Crippen LogP contribution in [0.25, 0.3) is 0 Å². The maximum absolute atomic E-state index is 14.6. The molecule has 0 unspecified atom stereocenters. The number of ether oxygens (including phenoxy) is 2. The van der Waals surface area contributed by atoms with Crippen LogP contribution in [0.5, 0.6) is 23.0 Å². The number of benzene rings is 5. The summed E-state index contributed by atoms with van der Waals surface area (Å²) in [6, 6.07) is 13.4. The van der Waals surface area contributed by atoms with Gasteiger partial charge < -0.3 is 9.47 Å². The highest BCUT2D eigenvalue weighted by Gasteiger charge is 2.40. The second-order valence-corrected chi connectivity index (χ2v) is 17.6. The van der Waals surface area contributed by atoms with E-state index in [0.29, 0.717) is 5.56 Å². The molecule has 0 aliphatic heterocycles. The summed E-state index contributed by atoms with van der Waals surface area (Å²) in [5.41, 5.74) is 0.346. The Morgan fingerprint density at radius 2 is 0.870 bits per heavy atom. The van der Waals surface area contributed by atoms with Crippen LogP contribution in [0.15, 0.2) is 82.6 Å². The fraction of sp³-hybridized carbons (Fsp3) is 0.0909. The van der Waals surface area contributed by atoms with Crippen LogP contribution < -0.4 is 13.2 Å². The standard InChI is InChI=1S/C33H21Cl6N3O10S2/c1-16-8-17(2)31(18(3)9-16)42(53(47,48)21-12-25(36)32(26(37)13-21)51-29-6-4-19(40(43)44)10-23(29)34)54(49,50)22-14-27(38)33(28(39)15-22)52-30-7-5-20(41(45)46)11-24(30)35/h4-15H,1-3H3. The Kier molecular flexibility index (Phi) is 11.9. The molecule has 0 saturated heterocycles. The van der Waals surface area contributed by atoms with Crippen LogP contribution >= 0.6 is 69.6 Å². The van der Waals surface area contributed by atoms with Gasteiger partial charge in [0.15, 0.2) is 11.5 Å². The molecule has 21 heteroatoms. The Morgan fingerprint density at radius 3 is 1.17 bits per heavy atom. The minimum absolute atomic E-state index is 0.103. The van der Waals surface area contributed by atoms with Crippen molar-refractivity contribution in [1.82, 2.24) is 0 Å². The molecule has 0 spiro atoms. The molecule has 5 aromatic carbocycles. The number of non-ortho nitro benzene ring substituents is 2. The molecule has 0 saturated carbocycles. The van der Waals surface area contributed by atoms with E-state index in [1.54, 1.807) is 19.1 Å². The first-order valence-electron chi connectivity index (χ1n) is 14.7. The highest BCUT2D eigenvalue weighted by molar-refractivity contribution is 8.10. The molecule has 0 atom stereocenters. The Bertz CT molecular complexity index is 2410. The molecule has 0 bridgehead atoms. The maximum Gasteiger partial charge on any atom is 0.277 e. The highest BCUT2D eigenvalue weighted by Crippen LogP contribution is 2.46. The zero-order valence-corrected chi connectivity index (χ0v) is 33.6. The number of anilines is 1. The fourth-order valence-corrected chi connectivity index (χ4v) is 11.1. The number of rotatable bonds is 11. The minimum Gasteiger partial charge on any atom is -0.453 e. The van der Waals surface area contributed by atoms with Gasteiger partial charge in [0.2, 0.25) is 0 Å². The summed E-state index contributed by atoms with van der Waals surface area (Å²) in [6.07, 6.45) is 0. The average Bonchev–Trinajstić information content (AvgIpc) is 3.06. The highest BCUT2D eigenvalue weighted by atomic mass is 35.5. The van der Waals surface area contributed by atoms with Gasteiger partial charge in [0, 0.05) is 24.3 Å². The Balaban J connectivity index is 1.63. The van der Waals surface area contributed by atoms with Gasteiger partial charge in [-0.3, -0.25) is 20.2 Å². The topological polar surface area (TPSA) is 176 Å². The number of sulfonamides is 2. The summed E-state index contributed by atoms with van der Waals surface area (Å²) in [6.45, 7) is 4.77. The van der Waals surface area contributed by atoms with E-state index in [-0.39, 0.29) is 85.0 Å². The Morgan fingerprint density at radius 1 is 0.537 bits per heavy atom. The second kappa shape index (κ2) is 15.6. The molecule has 0 radical (unpaired) electrons. The van der Waals surface area contributed by atoms with Crippen molar-refractivity contribution < 1.29 is 36.2 Å². The molecule has 0 N–H and O–H groups in total. The van der Waals surface area contributed by atoms with Gasteiger partial charge in [0.1, 0.15) is 11.5 Å². The monoisotopic (exact) mass is 893 g/mol. The van der Waals surface area contributed by atoms with E-state index in [0.717, 1.165) is 48.5 Å². The molecule has 5 aromatic rings. The lowest BCUT2D eigenvalue weighted by molar-refractivity contribution is -0.385. The van der Waals surface area contributed by atoms with Crippen molar-refractivity contribution in [3.05, 3.63) is 140 Å². The second-order valence-electron chi connectivity index (χ2n) is 11.3. The Labute approximate surface area is 337 Å². The predicted molar refractivity (Wildman–Crippen MR) is 207 cm³/mol. The smallest absolute Gasteiger partial charge is 0.277 e. The van der Waals surface area contributed by atoms with Crippen molar-refractivity contribution in [3.63, 3.8) is 0 Å². The van der Waals surface area contributed by atoms with Crippen LogP contribution in [0.1, 0.15) is 16.7 Å². The van der Waals surface area contributed by atoms with Gasteiger partial charge in [-0.1, -0.05) is 87.3 Å². The Hall–Kier alpha value is -4.06. The van der Waals surface area contributed by atoms with E-state index < -0.39 is 39.7 Å². The van der Waals surface area contributed by atoms with Crippen molar-refractivity contribution in [1.29, 1.82) is 0 Å². The van der Waals surface area contributed by atoms with Crippen LogP contribution in [0.3, 0.4) is 0 Å². The van der Waals surface area contributed by atoms with E-state index in [2.05, 4.69) is 0 Å². The quantitative estimate of drug-likeness (QED) is 0.0915. The third-order valence-corrected chi connectivity index (χ3v) is 13.3. The molecule has 0 aliphatic carbocycles. The SMILES string of the molecule is Cc1cc(C)c(N(S(=O)(=O)c2cc(Cl)c(Oc3ccc([N+](=O)[O-])cc3Cl)c(Cl)c2)S(=O)(=O)c2cc(Cl)c(Oc3ccc([N+](=O)[O-])cc3Cl)c(Cl)c2)c(C)c1. The maximum atomic E-state index is 14.6. The number of nitro benzene ring substituents is 2. The van der Waals surface area contributed by atoms with Crippen LogP contribution in [0, 0.1) is 41.0 Å². The lowest BCUT2D eigenvalue weighted by Gasteiger charge is -2.28. The van der Waals surface area contributed by atoms with Gasteiger partial charge in [-0.25, -0.2) is 16.8 Å². The predicted octanol–water partition coefficient (Wildman–Crippen LogP) is 11.5. The molecule has 0 aromatic heterocycles. The molecular formula is C33H21Cl6N3O10S2. The summed E-state index contributed by atoms with van der Waals surface area (Å²) in [5.74, 6) is -0.775. The number of nitro groups is 2. The van der Waals surface area contributed by atoms with E-state index in [1.807, 2.05) is 0 Å². The molecule has 0 aliphatic rings. The van der Waals surface area contributed by atoms with E-state index in [1.165, 1.54) is 26.0 Å². The largest absolute Gasteiger partial charge is 0.453 e. The van der Waals surface area contributed by atoms with Crippen molar-refractivity contribution in [2.45, 2.75) is 30.6 Å². The number of hydrogen-bond donors (Lipinski definition) is 0. The van der Waals surface area contributed by atoms with Crippen molar-refractivity contribution >= 4 is 107 Å². The summed E-state index contributed by atoms with van der Waals surface area (Å²) in [5, 5.41) is 20.3. The lowest BCUT2D eigenvalue weighted by Crippen LogP contribution is -2.38. The molecule has 282 valence electrons. The first-order valence-corrected chi connectivity index (χ1v) is 19.9. The number of nitrogens with zero attached hydrogens (tertiary/aromatic N) is 3. The van der Waals surface area contributed by atoms with Crippen molar-refractivity contribution in [2.75, 3.05) is 3.71 Å². The third kappa shape index (κ3) is 8.14. The molecule has 0 heterocycles. The van der Waals surface area contributed by atoms with Crippen molar-refractivity contribution in [3.8, 4) is 23.0 Å². The molecule has 0 amide bonds. The third-order valence-electron chi connectivity index (χ3n) is 7.47. The molecule has 0 fully saturated rings. The zero-order chi connectivity index (χ0) is 40.0. The molecule has 13 nitrogen and oxygen atoms in total. The zero-order valence-electron chi connectivity index (χ0n) is 27.4. The summed E-state index contributed by atoms with van der Waals surface area (Å²) >= 11 is 38.2. The van der Waals surface area contributed by atoms with Gasteiger partial charge >= 0.3 is 0 Å². The number of hydrogen-bond acceptors (Lipinski definition) is 10. The van der Waals surface area contributed by atoms with Gasteiger partial charge in [-0.15, -0.1) is 0 Å². The van der Waals surface area contributed by atoms with E-state index in [4.69, 9.17) is 79.1 Å². The molecule has 54 heavy (non-hydrogen) atoms. The average molecular weight is 896 g/mol. The van der Waals surface area contributed by atoms with E-state index in [9.17, 15) is 37.1 Å². The summed E-state index contributed by atoms with van der Waals surface area (Å²) in [7, 11) is -10.3. The summed E-state index contributed by atoms with van der Waals surface area (Å²) in [4.78, 5) is 19.5. The normalized spacial score (nSPS) is 11.6. The van der Waals surface area contributed by atoms with Gasteiger partial charge in [0.05, 0.1) is 55.5 Å². The fourth-order valence-electron chi connectivity index (χ4n) is 5.18. The summed E-state index contributed by atoms with van der Waals surface area (Å²) < 4.78 is 70.0. The first kappa shape index (κ1) is 41.1. The number of aryl methyl sites for hydroxylation is 3. The van der Waals surface area contributed by atoms with Crippen LogP contribution in [0.2, 0.25) is 30.1 Å². The van der Waals surface area contributed by atoms with Crippen LogP contribution in [-0.2, 0) is 20.0 Å². The minimum atomic E-state index is -5.15. The first-order chi connectivity index (χ1) is 25.1. The van der Waals surface area contributed by atoms with E-state index >= 15 is 0 Å². The molecular weight excluding hydrogens is 875 g/mol. The van der Waals surface area contributed by atoms with Crippen LogP contribution in [-0.4, -0.2) is 26.7 Å². The van der Waals surface area contributed by atoms with Gasteiger partial charge in [-0.2, -0.15) is 3.71 Å². The lowest BCUT2D eigenvalue weighted by atomic mass is 10.1. The number of halogens is 6. The van der Waals surface area contributed by atoms with Crippen molar-refractivity contribution in [2.24, 2.45) is 0 Å².